The van der Waals surface area contributed by atoms with E-state index in [1.165, 1.54) is 6.33 Å². The third kappa shape index (κ3) is 3.10. The molecule has 0 bridgehead atoms. The highest BCUT2D eigenvalue weighted by molar-refractivity contribution is 9.10. The first-order valence-corrected chi connectivity index (χ1v) is 10.5. The summed E-state index contributed by atoms with van der Waals surface area (Å²) in [5, 5.41) is 23.2. The van der Waals surface area contributed by atoms with Crippen LogP contribution in [-0.4, -0.2) is 41.9 Å². The Labute approximate surface area is 180 Å². The zero-order valence-corrected chi connectivity index (χ0v) is 17.6. The average Bonchev–Trinajstić information content (AvgIpc) is 3.27. The van der Waals surface area contributed by atoms with Crippen LogP contribution in [0, 0.1) is 5.92 Å². The zero-order valence-electron chi connectivity index (χ0n) is 16.0. The molecule has 6 N–H and O–H groups in total. The van der Waals surface area contributed by atoms with Gasteiger partial charge in [0.15, 0.2) is 0 Å². The van der Waals surface area contributed by atoms with Crippen molar-refractivity contribution in [3.63, 3.8) is 0 Å². The van der Waals surface area contributed by atoms with Gasteiger partial charge in [0.25, 0.3) is 0 Å². The average molecular weight is 469 g/mol. The Balaban J connectivity index is 1.43. The molecule has 4 atom stereocenters. The van der Waals surface area contributed by atoms with Crippen LogP contribution in [0.5, 0.6) is 0 Å². The number of aromatic nitrogens is 4. The van der Waals surface area contributed by atoms with E-state index in [9.17, 15) is 10.2 Å². The van der Waals surface area contributed by atoms with Crippen molar-refractivity contribution in [2.45, 2.75) is 31.1 Å². The van der Waals surface area contributed by atoms with E-state index in [0.29, 0.717) is 30.1 Å². The highest BCUT2D eigenvalue weighted by Gasteiger charge is 2.42. The van der Waals surface area contributed by atoms with E-state index >= 15 is 0 Å². The summed E-state index contributed by atoms with van der Waals surface area (Å²) in [4.78, 5) is 12.7. The predicted octanol–water partition coefficient (Wildman–Crippen LogP) is 2.43. The third-order valence-electron chi connectivity index (χ3n) is 6.03. The Hall–Kier alpha value is -2.75. The first-order chi connectivity index (χ1) is 14.4. The number of rotatable bonds is 3. The number of hydrogen-bond acceptors (Lipinski definition) is 7. The van der Waals surface area contributed by atoms with Gasteiger partial charge in [0, 0.05) is 11.6 Å². The van der Waals surface area contributed by atoms with Crippen LogP contribution < -0.4 is 11.5 Å². The Morgan fingerprint density at radius 2 is 1.90 bits per heavy atom. The topological polar surface area (TPSA) is 136 Å². The minimum Gasteiger partial charge on any atom is -0.390 e. The molecule has 1 aromatic carbocycles. The van der Waals surface area contributed by atoms with Gasteiger partial charge in [0.1, 0.15) is 29.7 Å². The van der Waals surface area contributed by atoms with E-state index in [1.807, 2.05) is 35.0 Å². The van der Waals surface area contributed by atoms with Crippen LogP contribution in [0.3, 0.4) is 0 Å². The molecule has 8 nitrogen and oxygen atoms in total. The van der Waals surface area contributed by atoms with Gasteiger partial charge in [0.05, 0.1) is 27.5 Å². The molecule has 3 aromatic heterocycles. The molecule has 0 spiro atoms. The van der Waals surface area contributed by atoms with Gasteiger partial charge in [-0.15, -0.1) is 0 Å². The lowest BCUT2D eigenvalue weighted by Gasteiger charge is -2.19. The fourth-order valence-electron chi connectivity index (χ4n) is 4.48. The lowest BCUT2D eigenvalue weighted by Crippen LogP contribution is -2.30. The molecular weight excluding hydrogens is 448 g/mol. The number of halogens is 1. The van der Waals surface area contributed by atoms with Crippen LogP contribution in [-0.2, 0) is 6.42 Å². The van der Waals surface area contributed by atoms with Gasteiger partial charge in [-0.3, -0.25) is 0 Å². The molecule has 0 radical (unpaired) electrons. The van der Waals surface area contributed by atoms with Gasteiger partial charge in [-0.25, -0.2) is 15.0 Å². The molecule has 0 amide bonds. The van der Waals surface area contributed by atoms with E-state index in [2.05, 4.69) is 36.9 Å². The summed E-state index contributed by atoms with van der Waals surface area (Å²) in [6.45, 7) is 0. The number of aliphatic hydroxyl groups excluding tert-OH is 2. The molecule has 1 aliphatic rings. The Kier molecular flexibility index (Phi) is 4.61. The normalized spacial score (nSPS) is 24.1. The van der Waals surface area contributed by atoms with Crippen molar-refractivity contribution in [2.24, 2.45) is 5.92 Å². The lowest BCUT2D eigenvalue weighted by atomic mass is 9.95. The number of nitrogen functional groups attached to an aromatic ring is 2. The smallest absolute Gasteiger partial charge is 0.145 e. The number of benzene rings is 1. The molecule has 3 heterocycles. The summed E-state index contributed by atoms with van der Waals surface area (Å²) in [5.41, 5.74) is 14.4. The minimum atomic E-state index is -0.891. The first-order valence-electron chi connectivity index (χ1n) is 9.70. The molecule has 4 aromatic rings. The van der Waals surface area contributed by atoms with Gasteiger partial charge >= 0.3 is 0 Å². The van der Waals surface area contributed by atoms with Gasteiger partial charge in [-0.2, -0.15) is 0 Å². The van der Waals surface area contributed by atoms with E-state index in [4.69, 9.17) is 11.5 Å². The molecular formula is C21H21BrN6O2. The number of nitrogens with two attached hydrogens (primary N) is 2. The number of anilines is 2. The number of fused-ring (bicyclic) bond motifs is 2. The van der Waals surface area contributed by atoms with Gasteiger partial charge in [0.2, 0.25) is 0 Å². The number of aliphatic hydroxyl groups is 2. The van der Waals surface area contributed by atoms with Crippen molar-refractivity contribution < 1.29 is 10.2 Å². The van der Waals surface area contributed by atoms with Crippen molar-refractivity contribution in [1.29, 1.82) is 0 Å². The SMILES string of the molecule is Nc1nc2ccc(C[C@H]3C[C@@H](n4ccc5c(N)ncnc54)[C@H](O)[C@@H]3O)cc2cc1Br. The van der Waals surface area contributed by atoms with E-state index in [1.54, 1.807) is 0 Å². The minimum absolute atomic E-state index is 0.0933. The molecule has 0 unspecified atom stereocenters. The van der Waals surface area contributed by atoms with Crippen molar-refractivity contribution in [2.75, 3.05) is 11.5 Å². The molecule has 9 heteroatoms. The first kappa shape index (κ1) is 19.2. The van der Waals surface area contributed by atoms with E-state index in [0.717, 1.165) is 26.3 Å². The summed E-state index contributed by atoms with van der Waals surface area (Å²) >= 11 is 3.42. The Morgan fingerprint density at radius 1 is 1.07 bits per heavy atom. The van der Waals surface area contributed by atoms with Crippen LogP contribution in [0.4, 0.5) is 11.6 Å². The van der Waals surface area contributed by atoms with Gasteiger partial charge in [-0.05, 0) is 64.5 Å². The van der Waals surface area contributed by atoms with Crippen LogP contribution in [0.15, 0.2) is 47.3 Å². The van der Waals surface area contributed by atoms with Crippen LogP contribution in [0.25, 0.3) is 21.9 Å². The molecule has 5 rings (SSSR count). The highest BCUT2D eigenvalue weighted by atomic mass is 79.9. The summed E-state index contributed by atoms with van der Waals surface area (Å²) in [7, 11) is 0. The molecule has 30 heavy (non-hydrogen) atoms. The second kappa shape index (κ2) is 7.19. The maximum Gasteiger partial charge on any atom is 0.145 e. The van der Waals surface area contributed by atoms with Gasteiger partial charge < -0.3 is 26.2 Å². The summed E-state index contributed by atoms with van der Waals surface area (Å²) in [6, 6.07) is 9.48. The maximum absolute atomic E-state index is 10.8. The third-order valence-corrected chi connectivity index (χ3v) is 6.66. The molecule has 1 aliphatic carbocycles. The van der Waals surface area contributed by atoms with Crippen LogP contribution in [0.1, 0.15) is 18.0 Å². The predicted molar refractivity (Wildman–Crippen MR) is 119 cm³/mol. The number of hydrogen-bond donors (Lipinski definition) is 4. The quantitative estimate of drug-likeness (QED) is 0.362. The Bertz CT molecular complexity index is 1260. The Morgan fingerprint density at radius 3 is 2.73 bits per heavy atom. The number of pyridine rings is 1. The summed E-state index contributed by atoms with van der Waals surface area (Å²) in [5.74, 6) is 0.764. The van der Waals surface area contributed by atoms with E-state index in [-0.39, 0.29) is 12.0 Å². The molecule has 0 aliphatic heterocycles. The van der Waals surface area contributed by atoms with Crippen molar-refractivity contribution >= 4 is 49.5 Å². The maximum atomic E-state index is 10.8. The second-order valence-corrected chi connectivity index (χ2v) is 8.70. The fraction of sp³-hybridized carbons (Fsp3) is 0.286. The van der Waals surface area contributed by atoms with Crippen LogP contribution in [0.2, 0.25) is 0 Å². The second-order valence-electron chi connectivity index (χ2n) is 7.85. The highest BCUT2D eigenvalue weighted by Crippen LogP contribution is 2.39. The largest absolute Gasteiger partial charge is 0.390 e. The standard InChI is InChI=1S/C21H21BrN6O2/c22-14-7-11-5-10(1-2-15(11)27-20(14)24)6-12-8-16(18(30)17(12)29)28-4-3-13-19(23)25-9-26-21(13)28/h1-5,7,9,12,16-18,29-30H,6,8H2,(H2,24,27)(H2,23,25,26)/t12-,16+,17+,18-/m0/s1. The monoisotopic (exact) mass is 468 g/mol. The van der Waals surface area contributed by atoms with Crippen molar-refractivity contribution in [3.8, 4) is 0 Å². The zero-order chi connectivity index (χ0) is 21.0. The van der Waals surface area contributed by atoms with E-state index < -0.39 is 12.2 Å². The van der Waals surface area contributed by atoms with Crippen molar-refractivity contribution in [3.05, 3.63) is 52.9 Å². The van der Waals surface area contributed by atoms with Crippen LogP contribution >= 0.6 is 15.9 Å². The lowest BCUT2D eigenvalue weighted by molar-refractivity contribution is 0.00684. The molecule has 1 fully saturated rings. The molecule has 1 saturated carbocycles. The fourth-order valence-corrected chi connectivity index (χ4v) is 4.82. The molecule has 0 saturated heterocycles. The van der Waals surface area contributed by atoms with Crippen molar-refractivity contribution in [1.82, 2.24) is 19.5 Å². The summed E-state index contributed by atoms with van der Waals surface area (Å²) in [6.07, 6.45) is 2.80. The molecule has 154 valence electrons. The summed E-state index contributed by atoms with van der Waals surface area (Å²) < 4.78 is 2.65. The van der Waals surface area contributed by atoms with Gasteiger partial charge in [-0.1, -0.05) is 6.07 Å². The number of nitrogens with zero attached hydrogens (tertiary/aromatic N) is 4.